The van der Waals surface area contributed by atoms with Crippen LogP contribution in [0.4, 0.5) is 23.1 Å². The van der Waals surface area contributed by atoms with Gasteiger partial charge in [0.1, 0.15) is 6.04 Å². The number of nitrogens with two attached hydrogens (primary N) is 1. The van der Waals surface area contributed by atoms with E-state index in [1.54, 1.807) is 12.1 Å². The van der Waals surface area contributed by atoms with Crippen molar-refractivity contribution in [3.05, 3.63) is 40.2 Å². The first-order chi connectivity index (χ1) is 16.2. The number of carbonyl (C=O) groups is 4. The third-order valence-electron chi connectivity index (χ3n) is 5.12. The Morgan fingerprint density at radius 1 is 1.12 bits per heavy atom. The maximum Gasteiger partial charge on any atom is 0.326 e. The van der Waals surface area contributed by atoms with Crippen LogP contribution in [0.3, 0.4) is 0 Å². The Labute approximate surface area is 255 Å². The molecule has 3 rings (SSSR count). The Bertz CT molecular complexity index is 1170. The Kier molecular flexibility index (Phi) is 21.2. The minimum Gasteiger partial charge on any atom is -0.481 e. The van der Waals surface area contributed by atoms with E-state index in [0.717, 1.165) is 0 Å². The van der Waals surface area contributed by atoms with Crippen molar-refractivity contribution < 1.29 is 56.8 Å². The molecule has 1 aliphatic heterocycles. The summed E-state index contributed by atoms with van der Waals surface area (Å²) in [6.45, 7) is 0.568. The van der Waals surface area contributed by atoms with E-state index in [1.807, 2.05) is 0 Å². The normalized spacial score (nSPS) is 13.1. The molecule has 2 amide bonds. The molecule has 2 atom stereocenters. The van der Waals surface area contributed by atoms with E-state index in [0.29, 0.717) is 18.6 Å². The number of amides is 2. The molecular weight excluding hydrogens is 570 g/mol. The van der Waals surface area contributed by atoms with Gasteiger partial charge in [-0.1, -0.05) is 0 Å². The summed E-state index contributed by atoms with van der Waals surface area (Å²) in [5.41, 5.74) is 5.84. The fourth-order valence-electron chi connectivity index (χ4n) is 3.39. The van der Waals surface area contributed by atoms with Crippen molar-refractivity contribution in [2.45, 2.75) is 24.9 Å². The SMILES string of the molecule is Nc1nc2c(c(=O)[nH]1)N(C=O)C(CNc1ccc(C(=O)NC(CCC(=O)O)C(=O)O)cc1)CN2.O.O.O.O.O.[Ca]. The monoisotopic (exact) mass is 603 g/mol. The van der Waals surface area contributed by atoms with E-state index in [4.69, 9.17) is 10.8 Å². The second kappa shape index (κ2) is 19.5. The zero-order valence-electron chi connectivity index (χ0n) is 21.0. The minimum atomic E-state index is -1.33. The molecule has 20 heteroatoms. The second-order valence-corrected chi connectivity index (χ2v) is 7.45. The van der Waals surface area contributed by atoms with Crippen LogP contribution in [0, 0.1) is 0 Å². The van der Waals surface area contributed by atoms with Gasteiger partial charge in [-0.2, -0.15) is 4.98 Å². The van der Waals surface area contributed by atoms with Crippen LogP contribution in [0.1, 0.15) is 23.2 Å². The molecule has 0 bridgehead atoms. The summed E-state index contributed by atoms with van der Waals surface area (Å²) in [7, 11) is 0. The van der Waals surface area contributed by atoms with Crippen LogP contribution < -0.4 is 32.1 Å². The molecule has 222 valence electrons. The number of H-pyrrole nitrogens is 1. The Balaban J connectivity index is -0.00000108. The quantitative estimate of drug-likeness (QED) is 0.0993. The van der Waals surface area contributed by atoms with Crippen molar-refractivity contribution >= 4 is 85.1 Å². The maximum atomic E-state index is 12.3. The number of anilines is 4. The van der Waals surface area contributed by atoms with Gasteiger partial charge in [0, 0.05) is 68.5 Å². The van der Waals surface area contributed by atoms with Crippen LogP contribution in [0.5, 0.6) is 0 Å². The van der Waals surface area contributed by atoms with Gasteiger partial charge >= 0.3 is 11.9 Å². The average molecular weight is 604 g/mol. The number of aromatic amines is 1. The molecule has 1 aromatic heterocycles. The van der Waals surface area contributed by atoms with Gasteiger partial charge in [-0.15, -0.1) is 0 Å². The van der Waals surface area contributed by atoms with Gasteiger partial charge in [0.25, 0.3) is 11.5 Å². The number of rotatable bonds is 10. The van der Waals surface area contributed by atoms with Crippen LogP contribution in [-0.2, 0) is 14.4 Å². The van der Waals surface area contributed by atoms with E-state index >= 15 is 0 Å². The Morgan fingerprint density at radius 2 is 1.73 bits per heavy atom. The molecule has 19 nitrogen and oxygen atoms in total. The van der Waals surface area contributed by atoms with E-state index in [9.17, 15) is 29.1 Å². The summed E-state index contributed by atoms with van der Waals surface area (Å²) in [5, 5.41) is 26.3. The molecule has 40 heavy (non-hydrogen) atoms. The van der Waals surface area contributed by atoms with Crippen molar-refractivity contribution in [1.29, 1.82) is 0 Å². The van der Waals surface area contributed by atoms with Crippen molar-refractivity contribution in [2.24, 2.45) is 0 Å². The van der Waals surface area contributed by atoms with Crippen molar-refractivity contribution in [1.82, 2.24) is 15.3 Å². The second-order valence-electron chi connectivity index (χ2n) is 7.45. The largest absolute Gasteiger partial charge is 0.481 e. The predicted molar refractivity (Wildman–Crippen MR) is 145 cm³/mol. The number of nitrogens with zero attached hydrogens (tertiary/aromatic N) is 2. The van der Waals surface area contributed by atoms with Crippen LogP contribution >= 0.6 is 0 Å². The van der Waals surface area contributed by atoms with E-state index in [2.05, 4.69) is 25.9 Å². The summed E-state index contributed by atoms with van der Waals surface area (Å²) in [5.74, 6) is -3.00. The molecule has 0 saturated carbocycles. The van der Waals surface area contributed by atoms with Crippen molar-refractivity contribution in [3.8, 4) is 0 Å². The number of benzene rings is 1. The van der Waals surface area contributed by atoms with Crippen molar-refractivity contribution in [3.63, 3.8) is 0 Å². The summed E-state index contributed by atoms with van der Waals surface area (Å²) in [6, 6.07) is 4.36. The molecule has 2 heterocycles. The van der Waals surface area contributed by atoms with Gasteiger partial charge < -0.3 is 64.2 Å². The van der Waals surface area contributed by atoms with Gasteiger partial charge in [-0.25, -0.2) is 4.79 Å². The molecule has 1 aromatic carbocycles. The molecule has 18 N–H and O–H groups in total. The van der Waals surface area contributed by atoms with Crippen LogP contribution in [-0.4, -0.2) is 135 Å². The summed E-state index contributed by atoms with van der Waals surface area (Å²) >= 11 is 0. The fraction of sp³-hybridized carbons (Fsp3) is 0.300. The number of carbonyl (C=O) groups excluding carboxylic acids is 2. The first-order valence-electron chi connectivity index (χ1n) is 10.2. The topological polar surface area (TPSA) is 377 Å². The van der Waals surface area contributed by atoms with Gasteiger partial charge in [0.15, 0.2) is 11.5 Å². The van der Waals surface area contributed by atoms with Crippen molar-refractivity contribution in [2.75, 3.05) is 34.4 Å². The first kappa shape index (κ1) is 43.5. The third kappa shape index (κ3) is 10.9. The maximum absolute atomic E-state index is 12.3. The Hall–Kier alpha value is -3.56. The number of carboxylic acid groups (broad SMARTS) is 2. The molecule has 1 aliphatic rings. The number of hydrogen-bond acceptors (Lipinski definition) is 9. The molecule has 2 unspecified atom stereocenters. The molecule has 2 radical (unpaired) electrons. The predicted octanol–water partition coefficient (Wildman–Crippen LogP) is -5.24. The third-order valence-corrected chi connectivity index (χ3v) is 5.12. The Morgan fingerprint density at radius 3 is 2.25 bits per heavy atom. The smallest absolute Gasteiger partial charge is 0.326 e. The molecule has 0 saturated heterocycles. The zero-order valence-corrected chi connectivity index (χ0v) is 23.2. The number of aliphatic carboxylic acids is 2. The first-order valence-corrected chi connectivity index (χ1v) is 10.2. The minimum absolute atomic E-state index is 0. The summed E-state index contributed by atoms with van der Waals surface area (Å²) < 4.78 is 0. The number of nitrogen functional groups attached to an aromatic ring is 1. The van der Waals surface area contributed by atoms with Crippen LogP contribution in [0.25, 0.3) is 0 Å². The van der Waals surface area contributed by atoms with Gasteiger partial charge in [0.05, 0.1) is 6.04 Å². The number of aromatic nitrogens is 2. The summed E-state index contributed by atoms with van der Waals surface area (Å²) in [6.07, 6.45) is -0.101. The number of carboxylic acids is 2. The fourth-order valence-corrected chi connectivity index (χ4v) is 3.39. The van der Waals surface area contributed by atoms with E-state index < -0.39 is 41.9 Å². The standard InChI is InChI=1S/C20H23N7O7.Ca.5H2O/c21-20-25-16-15(18(32)26-20)27(9-28)12(8-23-16)7-22-11-3-1-10(2-4-11)17(31)24-13(19(33)34)5-6-14(29)30;;;;;;/h1-4,9,12-13,22H,5-8H2,(H,24,31)(H,29,30)(H,33,34)(H4,21,23,25,26,32);;5*1H2. The molecular formula is C20H33CaN7O12. The zero-order chi connectivity index (χ0) is 24.8. The number of nitrogens with one attached hydrogen (secondary N) is 4. The van der Waals surface area contributed by atoms with Crippen LogP contribution in [0.15, 0.2) is 29.1 Å². The van der Waals surface area contributed by atoms with Gasteiger partial charge in [0.2, 0.25) is 12.4 Å². The van der Waals surface area contributed by atoms with Gasteiger partial charge in [-0.3, -0.25) is 24.2 Å². The van der Waals surface area contributed by atoms with E-state index in [-0.39, 0.29) is 101 Å². The number of hydrogen-bond donors (Lipinski definition) is 7. The molecule has 0 fully saturated rings. The van der Waals surface area contributed by atoms with E-state index in [1.165, 1.54) is 17.0 Å². The molecule has 0 spiro atoms. The molecule has 0 aliphatic carbocycles. The van der Waals surface area contributed by atoms with Crippen LogP contribution in [0.2, 0.25) is 0 Å². The average Bonchev–Trinajstić information content (AvgIpc) is 2.79. The molecule has 2 aromatic rings. The summed E-state index contributed by atoms with van der Waals surface area (Å²) in [4.78, 5) is 65.7. The number of fused-ring (bicyclic) bond motifs is 1. The van der Waals surface area contributed by atoms with Gasteiger partial charge in [-0.05, 0) is 30.7 Å².